The van der Waals surface area contributed by atoms with Crippen LogP contribution in [0.4, 0.5) is 0 Å². The van der Waals surface area contributed by atoms with Crippen molar-refractivity contribution in [2.45, 2.75) is 26.7 Å². The van der Waals surface area contributed by atoms with Gasteiger partial charge in [0.1, 0.15) is 0 Å². The van der Waals surface area contributed by atoms with E-state index in [2.05, 4.69) is 42.7 Å². The van der Waals surface area contributed by atoms with E-state index in [0.717, 1.165) is 19.5 Å². The van der Waals surface area contributed by atoms with Crippen LogP contribution in [0.2, 0.25) is 0 Å². The van der Waals surface area contributed by atoms with Crippen molar-refractivity contribution in [3.05, 3.63) is 35.4 Å². The number of rotatable bonds is 7. The van der Waals surface area contributed by atoms with Crippen LogP contribution in [0.25, 0.3) is 0 Å². The van der Waals surface area contributed by atoms with E-state index in [1.165, 1.54) is 11.1 Å². The maximum Gasteiger partial charge on any atom is 0.220 e. The smallest absolute Gasteiger partial charge is 0.220 e. The van der Waals surface area contributed by atoms with Gasteiger partial charge in [-0.25, -0.2) is 0 Å². The van der Waals surface area contributed by atoms with E-state index < -0.39 is 0 Å². The lowest BCUT2D eigenvalue weighted by molar-refractivity contribution is -0.121. The van der Waals surface area contributed by atoms with Crippen LogP contribution in [-0.2, 0) is 11.2 Å². The Hall–Kier alpha value is -1.35. The van der Waals surface area contributed by atoms with E-state index in [1.54, 1.807) is 0 Å². The second kappa shape index (κ2) is 7.85. The van der Waals surface area contributed by atoms with Crippen molar-refractivity contribution < 1.29 is 4.79 Å². The highest BCUT2D eigenvalue weighted by Gasteiger charge is 2.01. The van der Waals surface area contributed by atoms with Gasteiger partial charge in [-0.15, -0.1) is 0 Å². The van der Waals surface area contributed by atoms with E-state index in [9.17, 15) is 4.79 Å². The molecule has 0 aromatic heterocycles. The summed E-state index contributed by atoms with van der Waals surface area (Å²) in [6.45, 7) is 6.62. The Labute approximate surface area is 104 Å². The molecule has 0 unspecified atom stereocenters. The summed E-state index contributed by atoms with van der Waals surface area (Å²) in [6.07, 6.45) is 1.38. The average molecular weight is 234 g/mol. The Morgan fingerprint density at radius 2 is 2.12 bits per heavy atom. The van der Waals surface area contributed by atoms with E-state index >= 15 is 0 Å². The first-order chi connectivity index (χ1) is 8.22. The van der Waals surface area contributed by atoms with Crippen molar-refractivity contribution in [1.29, 1.82) is 0 Å². The third kappa shape index (κ3) is 6.07. The van der Waals surface area contributed by atoms with Gasteiger partial charge in [0.05, 0.1) is 0 Å². The lowest BCUT2D eigenvalue weighted by Crippen LogP contribution is -2.31. The highest BCUT2D eigenvalue weighted by Crippen LogP contribution is 2.06. The molecule has 0 spiro atoms. The van der Waals surface area contributed by atoms with Crippen molar-refractivity contribution in [2.75, 3.05) is 19.6 Å². The first-order valence-electron chi connectivity index (χ1n) is 6.25. The minimum atomic E-state index is 0.129. The largest absolute Gasteiger partial charge is 0.355 e. The zero-order chi connectivity index (χ0) is 12.5. The Bertz CT molecular complexity index is 350. The zero-order valence-corrected chi connectivity index (χ0v) is 10.8. The van der Waals surface area contributed by atoms with Gasteiger partial charge in [0.2, 0.25) is 5.91 Å². The topological polar surface area (TPSA) is 41.1 Å². The predicted molar refractivity (Wildman–Crippen MR) is 71.1 cm³/mol. The van der Waals surface area contributed by atoms with E-state index in [0.29, 0.717) is 13.0 Å². The Morgan fingerprint density at radius 1 is 1.29 bits per heavy atom. The Morgan fingerprint density at radius 3 is 2.82 bits per heavy atom. The maximum atomic E-state index is 11.5. The fourth-order valence-electron chi connectivity index (χ4n) is 1.68. The number of hydrogen-bond acceptors (Lipinski definition) is 2. The van der Waals surface area contributed by atoms with Crippen LogP contribution in [0.1, 0.15) is 24.5 Å². The molecule has 0 saturated heterocycles. The summed E-state index contributed by atoms with van der Waals surface area (Å²) in [6, 6.07) is 8.30. The van der Waals surface area contributed by atoms with Crippen LogP contribution in [-0.4, -0.2) is 25.5 Å². The normalized spacial score (nSPS) is 10.2. The number of likely N-dealkylation sites (N-methyl/N-ethyl adjacent to an activating group) is 1. The van der Waals surface area contributed by atoms with Gasteiger partial charge in [-0.1, -0.05) is 36.8 Å². The third-order valence-corrected chi connectivity index (χ3v) is 2.60. The molecule has 3 heteroatoms. The van der Waals surface area contributed by atoms with Gasteiger partial charge in [-0.05, 0) is 25.5 Å². The molecule has 0 aliphatic carbocycles. The lowest BCUT2D eigenvalue weighted by atomic mass is 10.1. The van der Waals surface area contributed by atoms with Crippen LogP contribution in [0.15, 0.2) is 24.3 Å². The summed E-state index contributed by atoms with van der Waals surface area (Å²) < 4.78 is 0. The zero-order valence-electron chi connectivity index (χ0n) is 10.8. The number of nitrogens with one attached hydrogen (secondary N) is 2. The number of benzene rings is 1. The molecule has 0 fully saturated rings. The molecule has 0 heterocycles. The van der Waals surface area contributed by atoms with Crippen LogP contribution < -0.4 is 10.6 Å². The molecule has 17 heavy (non-hydrogen) atoms. The van der Waals surface area contributed by atoms with Gasteiger partial charge in [0.15, 0.2) is 0 Å². The Kier molecular flexibility index (Phi) is 6.33. The highest BCUT2D eigenvalue weighted by molar-refractivity contribution is 5.76. The standard InChI is InChI=1S/C14H22N2O/c1-3-15-9-10-16-14(17)8-7-13-6-4-5-12(2)11-13/h4-6,11,15H,3,7-10H2,1-2H3,(H,16,17). The number of hydrogen-bond donors (Lipinski definition) is 2. The molecule has 1 aromatic rings. The van der Waals surface area contributed by atoms with Crippen molar-refractivity contribution in [1.82, 2.24) is 10.6 Å². The van der Waals surface area contributed by atoms with Gasteiger partial charge < -0.3 is 10.6 Å². The number of amides is 1. The highest BCUT2D eigenvalue weighted by atomic mass is 16.1. The lowest BCUT2D eigenvalue weighted by Gasteiger charge is -2.06. The summed E-state index contributed by atoms with van der Waals surface area (Å²) in [4.78, 5) is 11.5. The third-order valence-electron chi connectivity index (χ3n) is 2.60. The van der Waals surface area contributed by atoms with Crippen molar-refractivity contribution in [3.8, 4) is 0 Å². The second-order valence-corrected chi connectivity index (χ2v) is 4.19. The SMILES string of the molecule is CCNCCNC(=O)CCc1cccc(C)c1. The van der Waals surface area contributed by atoms with Crippen molar-refractivity contribution >= 4 is 5.91 Å². The fourth-order valence-corrected chi connectivity index (χ4v) is 1.68. The predicted octanol–water partition coefficient (Wildman–Crippen LogP) is 1.65. The molecule has 1 aromatic carbocycles. The van der Waals surface area contributed by atoms with Gasteiger partial charge in [-0.2, -0.15) is 0 Å². The first-order valence-corrected chi connectivity index (χ1v) is 6.25. The van der Waals surface area contributed by atoms with Crippen LogP contribution in [0, 0.1) is 6.92 Å². The molecule has 2 N–H and O–H groups in total. The summed E-state index contributed by atoms with van der Waals surface area (Å²) in [5, 5.41) is 6.07. The molecular formula is C14H22N2O. The van der Waals surface area contributed by atoms with Gasteiger partial charge in [-0.3, -0.25) is 4.79 Å². The number of aryl methyl sites for hydroxylation is 2. The molecular weight excluding hydrogens is 212 g/mol. The molecule has 0 aliphatic rings. The van der Waals surface area contributed by atoms with E-state index in [1.807, 2.05) is 6.07 Å². The molecule has 0 bridgehead atoms. The van der Waals surface area contributed by atoms with Gasteiger partial charge in [0.25, 0.3) is 0 Å². The molecule has 0 atom stereocenters. The van der Waals surface area contributed by atoms with Crippen molar-refractivity contribution in [2.24, 2.45) is 0 Å². The van der Waals surface area contributed by atoms with Gasteiger partial charge >= 0.3 is 0 Å². The molecule has 0 radical (unpaired) electrons. The Balaban J connectivity index is 2.19. The van der Waals surface area contributed by atoms with Crippen LogP contribution in [0.3, 0.4) is 0 Å². The number of carbonyl (C=O) groups excluding carboxylic acids is 1. The molecule has 3 nitrogen and oxygen atoms in total. The van der Waals surface area contributed by atoms with Crippen molar-refractivity contribution in [3.63, 3.8) is 0 Å². The molecule has 0 aliphatic heterocycles. The minimum Gasteiger partial charge on any atom is -0.355 e. The molecule has 1 rings (SSSR count). The summed E-state index contributed by atoms with van der Waals surface area (Å²) >= 11 is 0. The fraction of sp³-hybridized carbons (Fsp3) is 0.500. The summed E-state index contributed by atoms with van der Waals surface area (Å²) in [7, 11) is 0. The minimum absolute atomic E-state index is 0.129. The van der Waals surface area contributed by atoms with Crippen LogP contribution >= 0.6 is 0 Å². The number of carbonyl (C=O) groups is 1. The molecule has 0 saturated carbocycles. The quantitative estimate of drug-likeness (QED) is 0.704. The van der Waals surface area contributed by atoms with Gasteiger partial charge in [0, 0.05) is 19.5 Å². The van der Waals surface area contributed by atoms with E-state index in [-0.39, 0.29) is 5.91 Å². The summed E-state index contributed by atoms with van der Waals surface area (Å²) in [5.74, 6) is 0.129. The molecule has 94 valence electrons. The maximum absolute atomic E-state index is 11.5. The second-order valence-electron chi connectivity index (χ2n) is 4.19. The van der Waals surface area contributed by atoms with Crippen LogP contribution in [0.5, 0.6) is 0 Å². The average Bonchev–Trinajstić information content (AvgIpc) is 2.32. The molecule has 1 amide bonds. The summed E-state index contributed by atoms with van der Waals surface area (Å²) in [5.41, 5.74) is 2.47. The van der Waals surface area contributed by atoms with E-state index in [4.69, 9.17) is 0 Å². The monoisotopic (exact) mass is 234 g/mol. The first kappa shape index (κ1) is 13.7.